The van der Waals surface area contributed by atoms with E-state index in [2.05, 4.69) is 25.6 Å². The molecule has 5 aromatic rings. The van der Waals surface area contributed by atoms with E-state index in [-0.39, 0.29) is 11.4 Å². The van der Waals surface area contributed by atoms with Crippen LogP contribution in [0.4, 0.5) is 25.0 Å². The summed E-state index contributed by atoms with van der Waals surface area (Å²) >= 11 is 5.92. The van der Waals surface area contributed by atoms with Gasteiger partial charge >= 0.3 is 6.03 Å². The fourth-order valence-electron chi connectivity index (χ4n) is 3.51. The van der Waals surface area contributed by atoms with E-state index in [9.17, 15) is 13.6 Å². The maximum absolute atomic E-state index is 14.6. The van der Waals surface area contributed by atoms with Crippen LogP contribution in [0.2, 0.25) is 5.02 Å². The number of aryl methyl sites for hydroxylation is 1. The second-order valence-electron chi connectivity index (χ2n) is 8.06. The molecule has 0 aliphatic rings. The molecule has 2 aromatic heterocycles. The number of amides is 2. The van der Waals surface area contributed by atoms with Crippen LogP contribution < -0.4 is 15.4 Å². The zero-order chi connectivity index (χ0) is 25.9. The number of ether oxygens (including phenoxy) is 1. The van der Waals surface area contributed by atoms with Crippen LogP contribution in [0.1, 0.15) is 5.69 Å². The van der Waals surface area contributed by atoms with E-state index in [1.54, 1.807) is 54.9 Å². The molecule has 0 atom stereocenters. The molecule has 3 aromatic carbocycles. The van der Waals surface area contributed by atoms with Crippen LogP contribution in [-0.4, -0.2) is 21.0 Å². The zero-order valence-corrected chi connectivity index (χ0v) is 20.1. The van der Waals surface area contributed by atoms with Gasteiger partial charge in [0.1, 0.15) is 5.75 Å². The molecule has 0 bridgehead atoms. The smallest absolute Gasteiger partial charge is 0.323 e. The molecule has 2 heterocycles. The molecule has 0 saturated carbocycles. The summed E-state index contributed by atoms with van der Waals surface area (Å²) in [7, 11) is 0. The monoisotopic (exact) mass is 517 g/mol. The summed E-state index contributed by atoms with van der Waals surface area (Å²) in [5, 5.41) is 5.45. The Morgan fingerprint density at radius 2 is 1.73 bits per heavy atom. The number of pyridine rings is 1. The number of carbonyl (C=O) groups is 1. The first-order chi connectivity index (χ1) is 17.8. The summed E-state index contributed by atoms with van der Waals surface area (Å²) in [4.78, 5) is 25.6. The van der Waals surface area contributed by atoms with Gasteiger partial charge in [-0.1, -0.05) is 17.7 Å². The Labute approximate surface area is 215 Å². The number of hydrogen-bond acceptors (Lipinski definition) is 5. The van der Waals surface area contributed by atoms with Crippen molar-refractivity contribution < 1.29 is 18.3 Å². The predicted molar refractivity (Wildman–Crippen MR) is 138 cm³/mol. The first-order valence-corrected chi connectivity index (χ1v) is 11.4. The van der Waals surface area contributed by atoms with E-state index in [1.807, 2.05) is 19.1 Å². The fraction of sp³-hybridized carbons (Fsp3) is 0.0370. The number of nitrogens with one attached hydrogen (secondary N) is 2. The van der Waals surface area contributed by atoms with Crippen molar-refractivity contribution in [2.75, 3.05) is 10.6 Å². The normalized spacial score (nSPS) is 10.8. The van der Waals surface area contributed by atoms with Gasteiger partial charge in [0.2, 0.25) is 5.82 Å². The lowest BCUT2D eigenvalue weighted by Crippen LogP contribution is -2.19. The van der Waals surface area contributed by atoms with Crippen LogP contribution in [0.5, 0.6) is 11.5 Å². The number of hydrogen-bond donors (Lipinski definition) is 2. The van der Waals surface area contributed by atoms with Gasteiger partial charge in [-0.2, -0.15) is 4.39 Å². The zero-order valence-electron chi connectivity index (χ0n) is 19.3. The topological polar surface area (TPSA) is 89.0 Å². The van der Waals surface area contributed by atoms with Crippen molar-refractivity contribution in [3.63, 3.8) is 0 Å². The third kappa shape index (κ3) is 5.62. The lowest BCUT2D eigenvalue weighted by Gasteiger charge is -2.12. The summed E-state index contributed by atoms with van der Waals surface area (Å²) in [5.41, 5.74) is 3.77. The van der Waals surface area contributed by atoms with E-state index in [4.69, 9.17) is 16.3 Å². The average Bonchev–Trinajstić information content (AvgIpc) is 2.87. The van der Waals surface area contributed by atoms with Gasteiger partial charge < -0.3 is 15.4 Å². The largest absolute Gasteiger partial charge is 0.454 e. The highest BCUT2D eigenvalue weighted by Gasteiger charge is 2.15. The molecule has 0 aliphatic carbocycles. The van der Waals surface area contributed by atoms with E-state index in [0.29, 0.717) is 27.4 Å². The number of halogens is 3. The second-order valence-corrected chi connectivity index (χ2v) is 8.49. The molecular formula is C27H18ClF2N5O2. The highest BCUT2D eigenvalue weighted by Crippen LogP contribution is 2.31. The van der Waals surface area contributed by atoms with Gasteiger partial charge in [-0.25, -0.2) is 14.2 Å². The summed E-state index contributed by atoms with van der Waals surface area (Å²) in [5.74, 6) is -2.60. The Bertz CT molecular complexity index is 1630. The average molecular weight is 518 g/mol. The highest BCUT2D eigenvalue weighted by molar-refractivity contribution is 6.30. The summed E-state index contributed by atoms with van der Waals surface area (Å²) < 4.78 is 34.5. The molecule has 0 unspecified atom stereocenters. The van der Waals surface area contributed by atoms with Crippen LogP contribution in [-0.2, 0) is 0 Å². The number of urea groups is 1. The van der Waals surface area contributed by atoms with Crippen LogP contribution >= 0.6 is 11.6 Å². The Hall–Kier alpha value is -4.63. The van der Waals surface area contributed by atoms with Crippen molar-refractivity contribution in [3.05, 3.63) is 101 Å². The Morgan fingerprint density at radius 3 is 2.51 bits per heavy atom. The Balaban J connectivity index is 1.38. The Morgan fingerprint density at radius 1 is 0.892 bits per heavy atom. The van der Waals surface area contributed by atoms with Gasteiger partial charge in [-0.05, 0) is 49.4 Å². The number of anilines is 2. The molecule has 0 aliphatic heterocycles. The van der Waals surface area contributed by atoms with Crippen LogP contribution in [0.3, 0.4) is 0 Å². The third-order valence-electron chi connectivity index (χ3n) is 5.28. The number of rotatable bonds is 5. The summed E-state index contributed by atoms with van der Waals surface area (Å²) in [6.07, 6.45) is 3.33. The molecule has 5 rings (SSSR count). The van der Waals surface area contributed by atoms with Crippen molar-refractivity contribution in [1.82, 2.24) is 15.0 Å². The molecule has 0 radical (unpaired) electrons. The van der Waals surface area contributed by atoms with Crippen LogP contribution in [0, 0.1) is 18.6 Å². The lowest BCUT2D eigenvalue weighted by molar-refractivity contribution is 0.262. The van der Waals surface area contributed by atoms with Crippen molar-refractivity contribution in [3.8, 4) is 22.8 Å². The number of carbonyl (C=O) groups excluding carboxylic acids is 1. The molecule has 2 amide bonds. The van der Waals surface area contributed by atoms with E-state index >= 15 is 0 Å². The van der Waals surface area contributed by atoms with Crippen molar-refractivity contribution in [2.45, 2.75) is 6.92 Å². The minimum absolute atomic E-state index is 0.0110. The van der Waals surface area contributed by atoms with Crippen molar-refractivity contribution >= 4 is 40.0 Å². The van der Waals surface area contributed by atoms with Gasteiger partial charge in [-0.3, -0.25) is 9.97 Å². The number of nitrogens with zero attached hydrogens (tertiary/aromatic N) is 3. The van der Waals surface area contributed by atoms with Crippen molar-refractivity contribution in [2.24, 2.45) is 0 Å². The quantitative estimate of drug-likeness (QED) is 0.254. The first-order valence-electron chi connectivity index (χ1n) is 11.0. The molecule has 10 heteroatoms. The van der Waals surface area contributed by atoms with Gasteiger partial charge in [-0.15, -0.1) is 0 Å². The first kappa shape index (κ1) is 24.1. The minimum atomic E-state index is -1.20. The molecule has 0 saturated heterocycles. The molecule has 0 spiro atoms. The number of aromatic nitrogens is 3. The van der Waals surface area contributed by atoms with E-state index < -0.39 is 23.4 Å². The van der Waals surface area contributed by atoms with Gasteiger partial charge in [0.15, 0.2) is 11.6 Å². The number of fused-ring (bicyclic) bond motifs is 1. The highest BCUT2D eigenvalue weighted by atomic mass is 35.5. The van der Waals surface area contributed by atoms with Gasteiger partial charge in [0.25, 0.3) is 0 Å². The maximum atomic E-state index is 14.6. The Kier molecular flexibility index (Phi) is 6.61. The third-order valence-corrected chi connectivity index (χ3v) is 5.52. The van der Waals surface area contributed by atoms with Gasteiger partial charge in [0, 0.05) is 52.1 Å². The summed E-state index contributed by atoms with van der Waals surface area (Å²) in [6.45, 7) is 1.89. The predicted octanol–water partition coefficient (Wildman–Crippen LogP) is 7.37. The SMILES string of the molecule is Cc1ccc(-c2cnc3ccc(Oc4cc(NC(=O)Nc5cccc(Cl)c5)cc(F)c4F)cc3n2)cn1. The van der Waals surface area contributed by atoms with E-state index in [0.717, 1.165) is 17.3 Å². The minimum Gasteiger partial charge on any atom is -0.454 e. The molecule has 7 nitrogen and oxygen atoms in total. The maximum Gasteiger partial charge on any atom is 0.323 e. The fourth-order valence-corrected chi connectivity index (χ4v) is 3.70. The lowest BCUT2D eigenvalue weighted by atomic mass is 10.2. The number of benzene rings is 3. The van der Waals surface area contributed by atoms with E-state index in [1.165, 1.54) is 6.07 Å². The van der Waals surface area contributed by atoms with Crippen molar-refractivity contribution in [1.29, 1.82) is 0 Å². The standard InChI is InChI=1S/C27H18ClF2N5O2/c1-15-5-6-16(13-31-15)24-14-32-22-8-7-20(12-23(22)35-24)37-25-11-19(10-21(29)26(25)30)34-27(36)33-18-4-2-3-17(28)9-18/h2-14H,1H3,(H2,33,34,36). The van der Waals surface area contributed by atoms with Gasteiger partial charge in [0.05, 0.1) is 22.9 Å². The molecular weight excluding hydrogens is 500 g/mol. The van der Waals surface area contributed by atoms with Crippen LogP contribution in [0.25, 0.3) is 22.3 Å². The van der Waals surface area contributed by atoms with Crippen LogP contribution in [0.15, 0.2) is 79.1 Å². The molecule has 0 fully saturated rings. The molecule has 184 valence electrons. The molecule has 2 N–H and O–H groups in total. The second kappa shape index (κ2) is 10.2. The molecule has 37 heavy (non-hydrogen) atoms. The summed E-state index contributed by atoms with van der Waals surface area (Å²) in [6, 6.07) is 16.4.